The Bertz CT molecular complexity index is 787. The zero-order valence-electron chi connectivity index (χ0n) is 19.1. The van der Waals surface area contributed by atoms with Gasteiger partial charge in [-0.05, 0) is 48.9 Å². The molecule has 0 aliphatic carbocycles. The molecule has 7 heteroatoms. The Balaban J connectivity index is 1.65. The SMILES string of the molecule is CCC(C)C(NC(=O)C1CC(=O)N(c2ccc(OC)cc2)C1)C(=O)N1CCC(C)CC1. The van der Waals surface area contributed by atoms with E-state index in [9.17, 15) is 14.4 Å². The standard InChI is InChI=1S/C24H35N3O4/c1-5-17(3)22(24(30)26-12-10-16(2)11-13-26)25-23(29)18-14-21(28)27(15-18)19-6-8-20(31-4)9-7-19/h6-9,16-18,22H,5,10-15H2,1-4H3,(H,25,29). The number of hydrogen-bond acceptors (Lipinski definition) is 4. The quantitative estimate of drug-likeness (QED) is 0.723. The average molecular weight is 430 g/mol. The van der Waals surface area contributed by atoms with Crippen molar-refractivity contribution in [2.75, 3.05) is 31.6 Å². The largest absolute Gasteiger partial charge is 0.497 e. The number of ether oxygens (including phenoxy) is 1. The summed E-state index contributed by atoms with van der Waals surface area (Å²) in [6.07, 6.45) is 2.95. The van der Waals surface area contributed by atoms with Crippen molar-refractivity contribution < 1.29 is 19.1 Å². The van der Waals surface area contributed by atoms with Crippen LogP contribution in [0.5, 0.6) is 5.75 Å². The minimum absolute atomic E-state index is 0.00549. The number of hydrogen-bond donors (Lipinski definition) is 1. The second-order valence-corrected chi connectivity index (χ2v) is 8.98. The van der Waals surface area contributed by atoms with Gasteiger partial charge in [0.2, 0.25) is 17.7 Å². The van der Waals surface area contributed by atoms with Crippen molar-refractivity contribution in [3.05, 3.63) is 24.3 Å². The Kier molecular flexibility index (Phi) is 7.57. The van der Waals surface area contributed by atoms with E-state index in [-0.39, 0.29) is 30.1 Å². The highest BCUT2D eigenvalue weighted by molar-refractivity contribution is 6.01. The molecule has 170 valence electrons. The molecule has 2 aliphatic heterocycles. The third kappa shape index (κ3) is 5.38. The lowest BCUT2D eigenvalue weighted by Crippen LogP contribution is -2.54. The van der Waals surface area contributed by atoms with Gasteiger partial charge >= 0.3 is 0 Å². The summed E-state index contributed by atoms with van der Waals surface area (Å²) in [6, 6.07) is 6.69. The Labute approximate surface area is 185 Å². The number of benzene rings is 1. The van der Waals surface area contributed by atoms with Gasteiger partial charge in [0.15, 0.2) is 0 Å². The first-order valence-corrected chi connectivity index (χ1v) is 11.4. The number of anilines is 1. The molecule has 0 radical (unpaired) electrons. The molecule has 3 atom stereocenters. The third-order valence-electron chi connectivity index (χ3n) is 6.75. The Morgan fingerprint density at radius 1 is 1.19 bits per heavy atom. The third-order valence-corrected chi connectivity index (χ3v) is 6.75. The molecular weight excluding hydrogens is 394 g/mol. The van der Waals surface area contributed by atoms with Crippen LogP contribution in [0.2, 0.25) is 0 Å². The Morgan fingerprint density at radius 2 is 1.84 bits per heavy atom. The topological polar surface area (TPSA) is 79.0 Å². The van der Waals surface area contributed by atoms with Gasteiger partial charge in [0.25, 0.3) is 0 Å². The number of nitrogens with zero attached hydrogens (tertiary/aromatic N) is 2. The van der Waals surface area contributed by atoms with E-state index >= 15 is 0 Å². The molecule has 2 heterocycles. The van der Waals surface area contributed by atoms with Crippen LogP contribution in [-0.2, 0) is 14.4 Å². The zero-order valence-corrected chi connectivity index (χ0v) is 19.1. The normalized spacial score (nSPS) is 21.7. The van der Waals surface area contributed by atoms with Gasteiger partial charge < -0.3 is 19.9 Å². The highest BCUT2D eigenvalue weighted by atomic mass is 16.5. The summed E-state index contributed by atoms with van der Waals surface area (Å²) in [5.74, 6) is 0.628. The fraction of sp³-hybridized carbons (Fsp3) is 0.625. The van der Waals surface area contributed by atoms with Crippen LogP contribution in [0.25, 0.3) is 0 Å². The fourth-order valence-electron chi connectivity index (χ4n) is 4.27. The van der Waals surface area contributed by atoms with E-state index in [2.05, 4.69) is 12.2 Å². The Hall–Kier alpha value is -2.57. The number of nitrogens with one attached hydrogen (secondary N) is 1. The molecule has 3 rings (SSSR count). The number of carbonyl (C=O) groups is 3. The van der Waals surface area contributed by atoms with Gasteiger partial charge in [0.05, 0.1) is 13.0 Å². The summed E-state index contributed by atoms with van der Waals surface area (Å²) in [4.78, 5) is 42.3. The first-order chi connectivity index (χ1) is 14.8. The van der Waals surface area contributed by atoms with Gasteiger partial charge in [-0.2, -0.15) is 0 Å². The molecule has 0 aromatic heterocycles. The van der Waals surface area contributed by atoms with Gasteiger partial charge in [0, 0.05) is 31.7 Å². The van der Waals surface area contributed by atoms with Crippen LogP contribution in [0.3, 0.4) is 0 Å². The first-order valence-electron chi connectivity index (χ1n) is 11.4. The van der Waals surface area contributed by atoms with Gasteiger partial charge in [-0.1, -0.05) is 27.2 Å². The van der Waals surface area contributed by atoms with Gasteiger partial charge in [-0.25, -0.2) is 0 Å². The summed E-state index contributed by atoms with van der Waals surface area (Å²) >= 11 is 0. The van der Waals surface area contributed by atoms with Crippen molar-refractivity contribution in [3.8, 4) is 5.75 Å². The van der Waals surface area contributed by atoms with Crippen LogP contribution in [0.15, 0.2) is 24.3 Å². The molecule has 3 amide bonds. The van der Waals surface area contributed by atoms with Crippen LogP contribution in [0.4, 0.5) is 5.69 Å². The van der Waals surface area contributed by atoms with Crippen molar-refractivity contribution in [1.29, 1.82) is 0 Å². The second kappa shape index (κ2) is 10.2. The summed E-state index contributed by atoms with van der Waals surface area (Å²) in [7, 11) is 1.59. The van der Waals surface area contributed by atoms with Crippen LogP contribution in [0, 0.1) is 17.8 Å². The summed E-state index contributed by atoms with van der Waals surface area (Å²) in [5.41, 5.74) is 0.748. The fourth-order valence-corrected chi connectivity index (χ4v) is 4.27. The maximum absolute atomic E-state index is 13.2. The molecule has 2 fully saturated rings. The number of amides is 3. The molecule has 1 aromatic rings. The number of likely N-dealkylation sites (tertiary alicyclic amines) is 1. The molecule has 0 bridgehead atoms. The van der Waals surface area contributed by atoms with E-state index in [1.54, 1.807) is 24.1 Å². The van der Waals surface area contributed by atoms with Crippen LogP contribution < -0.4 is 15.0 Å². The van der Waals surface area contributed by atoms with Crippen LogP contribution in [0.1, 0.15) is 46.5 Å². The first kappa shape index (κ1) is 23.1. The van der Waals surface area contributed by atoms with Crippen LogP contribution >= 0.6 is 0 Å². The van der Waals surface area contributed by atoms with Crippen molar-refractivity contribution in [1.82, 2.24) is 10.2 Å². The lowest BCUT2D eigenvalue weighted by molar-refractivity contribution is -0.139. The molecule has 7 nitrogen and oxygen atoms in total. The zero-order chi connectivity index (χ0) is 22.5. The number of piperidine rings is 1. The van der Waals surface area contributed by atoms with Crippen molar-refractivity contribution in [2.45, 2.75) is 52.5 Å². The molecule has 2 saturated heterocycles. The van der Waals surface area contributed by atoms with Crippen molar-refractivity contribution in [3.63, 3.8) is 0 Å². The maximum Gasteiger partial charge on any atom is 0.245 e. The molecule has 3 unspecified atom stereocenters. The summed E-state index contributed by atoms with van der Waals surface area (Å²) in [6.45, 7) is 8.05. The monoisotopic (exact) mass is 429 g/mol. The highest BCUT2D eigenvalue weighted by Crippen LogP contribution is 2.27. The predicted molar refractivity (Wildman–Crippen MR) is 120 cm³/mol. The average Bonchev–Trinajstić information content (AvgIpc) is 3.18. The van der Waals surface area contributed by atoms with E-state index in [1.165, 1.54) is 0 Å². The van der Waals surface area contributed by atoms with Gasteiger partial charge in [-0.3, -0.25) is 14.4 Å². The number of methoxy groups -OCH3 is 1. The second-order valence-electron chi connectivity index (χ2n) is 8.98. The molecule has 31 heavy (non-hydrogen) atoms. The number of rotatable bonds is 7. The minimum Gasteiger partial charge on any atom is -0.497 e. The molecule has 0 saturated carbocycles. The lowest BCUT2D eigenvalue weighted by Gasteiger charge is -2.35. The van der Waals surface area contributed by atoms with Crippen LogP contribution in [-0.4, -0.2) is 55.4 Å². The number of carbonyl (C=O) groups excluding carboxylic acids is 3. The molecular formula is C24H35N3O4. The highest BCUT2D eigenvalue weighted by Gasteiger charge is 2.38. The summed E-state index contributed by atoms with van der Waals surface area (Å²) < 4.78 is 5.17. The minimum atomic E-state index is -0.545. The van der Waals surface area contributed by atoms with E-state index in [4.69, 9.17) is 4.74 Å². The van der Waals surface area contributed by atoms with Gasteiger partial charge in [0.1, 0.15) is 11.8 Å². The van der Waals surface area contributed by atoms with E-state index in [1.807, 2.05) is 30.9 Å². The van der Waals surface area contributed by atoms with Crippen molar-refractivity contribution >= 4 is 23.4 Å². The van der Waals surface area contributed by atoms with E-state index < -0.39 is 12.0 Å². The van der Waals surface area contributed by atoms with E-state index in [0.717, 1.165) is 38.0 Å². The van der Waals surface area contributed by atoms with Crippen molar-refractivity contribution in [2.24, 2.45) is 17.8 Å². The smallest absolute Gasteiger partial charge is 0.245 e. The van der Waals surface area contributed by atoms with E-state index in [0.29, 0.717) is 18.2 Å². The van der Waals surface area contributed by atoms with Gasteiger partial charge in [-0.15, -0.1) is 0 Å². The molecule has 1 aromatic carbocycles. The maximum atomic E-state index is 13.2. The molecule has 2 aliphatic rings. The predicted octanol–water partition coefficient (Wildman–Crippen LogP) is 2.84. The summed E-state index contributed by atoms with van der Waals surface area (Å²) in [5, 5.41) is 3.00. The molecule has 1 N–H and O–H groups in total. The molecule has 0 spiro atoms. The lowest BCUT2D eigenvalue weighted by atomic mass is 9.94. The Morgan fingerprint density at radius 3 is 2.42 bits per heavy atom.